The first-order valence-electron chi connectivity index (χ1n) is 8.36. The summed E-state index contributed by atoms with van der Waals surface area (Å²) in [5, 5.41) is 3.07. The summed E-state index contributed by atoms with van der Waals surface area (Å²) in [5.41, 5.74) is 0. The molecular weight excluding hydrogens is 278 g/mol. The Morgan fingerprint density at radius 2 is 2.27 bits per heavy atom. The van der Waals surface area contributed by atoms with E-state index in [0.29, 0.717) is 18.4 Å². The number of anilines is 1. The molecule has 2 saturated heterocycles. The largest absolute Gasteiger partial charge is 0.376 e. The van der Waals surface area contributed by atoms with Crippen LogP contribution in [0.15, 0.2) is 24.4 Å². The van der Waals surface area contributed by atoms with Crippen molar-refractivity contribution in [3.05, 3.63) is 24.4 Å². The highest BCUT2D eigenvalue weighted by molar-refractivity contribution is 5.80. The lowest BCUT2D eigenvalue weighted by molar-refractivity contribution is -0.122. The average Bonchev–Trinajstić information content (AvgIpc) is 3.34. The van der Waals surface area contributed by atoms with Gasteiger partial charge in [-0.05, 0) is 37.3 Å². The molecule has 1 N–H and O–H groups in total. The number of aromatic nitrogens is 1. The Morgan fingerprint density at radius 1 is 1.36 bits per heavy atom. The van der Waals surface area contributed by atoms with Crippen LogP contribution in [-0.4, -0.2) is 43.2 Å². The van der Waals surface area contributed by atoms with Gasteiger partial charge < -0.3 is 15.0 Å². The monoisotopic (exact) mass is 301 g/mol. The fourth-order valence-corrected chi connectivity index (χ4v) is 3.74. The number of fused-ring (bicyclic) bond motifs is 1. The summed E-state index contributed by atoms with van der Waals surface area (Å²) in [5.74, 6) is 2.69. The average molecular weight is 301 g/mol. The van der Waals surface area contributed by atoms with E-state index < -0.39 is 0 Å². The number of hydrogen-bond acceptors (Lipinski definition) is 4. The Morgan fingerprint density at radius 3 is 3.05 bits per heavy atom. The Balaban J connectivity index is 1.32. The van der Waals surface area contributed by atoms with Gasteiger partial charge in [-0.25, -0.2) is 4.98 Å². The molecular formula is C17H23N3O2. The molecule has 3 atom stereocenters. The van der Waals surface area contributed by atoms with Crippen LogP contribution < -0.4 is 10.2 Å². The fraction of sp³-hybridized carbons (Fsp3) is 0.647. The lowest BCUT2D eigenvalue weighted by Gasteiger charge is -2.36. The Bertz CT molecular complexity index is 532. The summed E-state index contributed by atoms with van der Waals surface area (Å²) >= 11 is 0. The Kier molecular flexibility index (Phi) is 3.74. The highest BCUT2D eigenvalue weighted by Gasteiger charge is 2.41. The molecule has 0 bridgehead atoms. The van der Waals surface area contributed by atoms with Crippen LogP contribution in [0.2, 0.25) is 0 Å². The molecule has 0 radical (unpaired) electrons. The van der Waals surface area contributed by atoms with E-state index in [1.807, 2.05) is 18.3 Å². The molecule has 1 saturated carbocycles. The van der Waals surface area contributed by atoms with Crippen LogP contribution in [0.3, 0.4) is 0 Å². The zero-order chi connectivity index (χ0) is 14.9. The van der Waals surface area contributed by atoms with E-state index in [2.05, 4.69) is 21.3 Å². The van der Waals surface area contributed by atoms with Crippen molar-refractivity contribution < 1.29 is 9.53 Å². The van der Waals surface area contributed by atoms with Gasteiger partial charge in [-0.2, -0.15) is 0 Å². The minimum atomic E-state index is 0.193. The minimum absolute atomic E-state index is 0.193. The van der Waals surface area contributed by atoms with Crippen LogP contribution >= 0.6 is 0 Å². The van der Waals surface area contributed by atoms with Crippen LogP contribution in [0.5, 0.6) is 0 Å². The molecule has 4 rings (SSSR count). The topological polar surface area (TPSA) is 54.5 Å². The zero-order valence-corrected chi connectivity index (χ0v) is 12.8. The molecule has 1 aliphatic carbocycles. The third-order valence-corrected chi connectivity index (χ3v) is 5.19. The van der Waals surface area contributed by atoms with Crippen molar-refractivity contribution in [2.24, 2.45) is 17.8 Å². The van der Waals surface area contributed by atoms with Crippen molar-refractivity contribution in [1.29, 1.82) is 0 Å². The first kappa shape index (κ1) is 14.0. The quantitative estimate of drug-likeness (QED) is 0.914. The molecule has 1 aromatic rings. The van der Waals surface area contributed by atoms with Gasteiger partial charge in [-0.1, -0.05) is 6.07 Å². The van der Waals surface area contributed by atoms with Crippen LogP contribution in [0.25, 0.3) is 0 Å². The third kappa shape index (κ3) is 2.82. The van der Waals surface area contributed by atoms with Gasteiger partial charge in [0.1, 0.15) is 5.82 Å². The molecule has 0 spiro atoms. The number of ether oxygens (including phenoxy) is 1. The maximum Gasteiger partial charge on any atom is 0.223 e. The van der Waals surface area contributed by atoms with Crippen LogP contribution in [0, 0.1) is 17.8 Å². The van der Waals surface area contributed by atoms with E-state index in [4.69, 9.17) is 4.74 Å². The van der Waals surface area contributed by atoms with Crippen LogP contribution in [0.4, 0.5) is 5.82 Å². The number of hydrogen-bond donors (Lipinski definition) is 1. The van der Waals surface area contributed by atoms with Crippen molar-refractivity contribution in [3.8, 4) is 0 Å². The number of rotatable bonds is 4. The van der Waals surface area contributed by atoms with Crippen molar-refractivity contribution >= 4 is 11.7 Å². The molecule has 3 aliphatic rings. The highest BCUT2D eigenvalue weighted by atomic mass is 16.5. The molecule has 3 fully saturated rings. The normalized spacial score (nSPS) is 30.9. The van der Waals surface area contributed by atoms with Gasteiger partial charge in [0.15, 0.2) is 0 Å². The number of carbonyl (C=O) groups is 1. The van der Waals surface area contributed by atoms with Gasteiger partial charge >= 0.3 is 0 Å². The summed E-state index contributed by atoms with van der Waals surface area (Å²) in [7, 11) is 0. The summed E-state index contributed by atoms with van der Waals surface area (Å²) in [6.45, 7) is 3.52. The maximum atomic E-state index is 11.8. The van der Waals surface area contributed by atoms with Crippen LogP contribution in [0.1, 0.15) is 19.3 Å². The number of carbonyl (C=O) groups excluding carboxylic acids is 1. The van der Waals surface area contributed by atoms with E-state index in [1.54, 1.807) is 0 Å². The summed E-state index contributed by atoms with van der Waals surface area (Å²) < 4.78 is 5.97. The second-order valence-electron chi connectivity index (χ2n) is 6.74. The SMILES string of the molecule is O=C(NC[C@@H]1OC[C@@H]2CN(c3ccccn3)CC[C@@H]21)C1CC1. The number of nitrogens with zero attached hydrogens (tertiary/aromatic N) is 2. The summed E-state index contributed by atoms with van der Waals surface area (Å²) in [6, 6.07) is 6.06. The molecule has 0 aromatic carbocycles. The third-order valence-electron chi connectivity index (χ3n) is 5.19. The Labute approximate surface area is 131 Å². The molecule has 5 nitrogen and oxygen atoms in total. The molecule has 3 heterocycles. The van der Waals surface area contributed by atoms with Gasteiger partial charge in [0.25, 0.3) is 0 Å². The van der Waals surface area contributed by atoms with Crippen molar-refractivity contribution in [2.45, 2.75) is 25.4 Å². The molecule has 118 valence electrons. The predicted octanol–water partition coefficient (Wildman–Crippen LogP) is 1.45. The number of pyridine rings is 1. The highest BCUT2D eigenvalue weighted by Crippen LogP contribution is 2.35. The van der Waals surface area contributed by atoms with E-state index in [9.17, 15) is 4.79 Å². The van der Waals surface area contributed by atoms with E-state index in [1.165, 1.54) is 0 Å². The predicted molar refractivity (Wildman–Crippen MR) is 83.5 cm³/mol. The first-order valence-corrected chi connectivity index (χ1v) is 8.36. The molecule has 0 unspecified atom stereocenters. The van der Waals surface area contributed by atoms with Crippen molar-refractivity contribution in [3.63, 3.8) is 0 Å². The molecule has 2 aliphatic heterocycles. The molecule has 1 aromatic heterocycles. The summed E-state index contributed by atoms with van der Waals surface area (Å²) in [4.78, 5) is 18.6. The first-order chi connectivity index (χ1) is 10.8. The molecule has 22 heavy (non-hydrogen) atoms. The number of piperidine rings is 1. The van der Waals surface area contributed by atoms with E-state index in [-0.39, 0.29) is 17.9 Å². The Hall–Kier alpha value is -1.62. The van der Waals surface area contributed by atoms with Gasteiger partial charge in [0, 0.05) is 37.7 Å². The minimum Gasteiger partial charge on any atom is -0.376 e. The molecule has 5 heteroatoms. The lowest BCUT2D eigenvalue weighted by Crippen LogP contribution is -2.44. The zero-order valence-electron chi connectivity index (χ0n) is 12.8. The second kappa shape index (κ2) is 5.88. The lowest BCUT2D eigenvalue weighted by atomic mass is 9.84. The van der Waals surface area contributed by atoms with Gasteiger partial charge in [-0.15, -0.1) is 0 Å². The standard InChI is InChI=1S/C17H23N3O2/c21-17(12-4-5-12)19-9-15-14-6-8-20(10-13(14)11-22-15)16-3-1-2-7-18-16/h1-3,7,12-15H,4-6,8-11H2,(H,19,21)/t13-,14-,15-/m0/s1. The summed E-state index contributed by atoms with van der Waals surface area (Å²) in [6.07, 6.45) is 5.28. The smallest absolute Gasteiger partial charge is 0.223 e. The second-order valence-corrected chi connectivity index (χ2v) is 6.74. The number of amides is 1. The molecule has 1 amide bonds. The van der Waals surface area contributed by atoms with Gasteiger partial charge in [-0.3, -0.25) is 4.79 Å². The van der Waals surface area contributed by atoms with Gasteiger partial charge in [0.05, 0.1) is 12.7 Å². The van der Waals surface area contributed by atoms with Gasteiger partial charge in [0.2, 0.25) is 5.91 Å². The van der Waals surface area contributed by atoms with Crippen molar-refractivity contribution in [2.75, 3.05) is 31.1 Å². The van der Waals surface area contributed by atoms with Crippen LogP contribution in [-0.2, 0) is 9.53 Å². The van der Waals surface area contributed by atoms with E-state index in [0.717, 1.165) is 44.8 Å². The maximum absolute atomic E-state index is 11.8. The number of nitrogens with one attached hydrogen (secondary N) is 1. The van der Waals surface area contributed by atoms with Crippen molar-refractivity contribution in [1.82, 2.24) is 10.3 Å². The van der Waals surface area contributed by atoms with E-state index >= 15 is 0 Å². The fourth-order valence-electron chi connectivity index (χ4n) is 3.74.